The molecule has 1 aromatic carbocycles. The highest BCUT2D eigenvalue weighted by molar-refractivity contribution is 5.99. The highest BCUT2D eigenvalue weighted by atomic mass is 16.1. The Kier molecular flexibility index (Phi) is 3.64. The predicted octanol–water partition coefficient (Wildman–Crippen LogP) is 2.36. The number of hydrogen-bond acceptors (Lipinski definition) is 2. The van der Waals surface area contributed by atoms with E-state index in [4.69, 9.17) is 0 Å². The fourth-order valence-corrected chi connectivity index (χ4v) is 1.63. The van der Waals surface area contributed by atoms with Crippen molar-refractivity contribution >= 4 is 5.78 Å². The Morgan fingerprint density at radius 1 is 1.07 bits per heavy atom. The molecule has 0 radical (unpaired) electrons. The van der Waals surface area contributed by atoms with Crippen LogP contribution in [0, 0.1) is 20.8 Å². The van der Waals surface area contributed by atoms with Crippen LogP contribution in [0.25, 0.3) is 0 Å². The third-order valence-corrected chi connectivity index (χ3v) is 2.60. The molecule has 0 aliphatic carbocycles. The topological polar surface area (TPSA) is 20.3 Å². The maximum absolute atomic E-state index is 11.9. The number of ketones is 1. The van der Waals surface area contributed by atoms with Crippen molar-refractivity contribution < 1.29 is 4.79 Å². The van der Waals surface area contributed by atoms with Crippen LogP contribution in [0.5, 0.6) is 0 Å². The van der Waals surface area contributed by atoms with Crippen LogP contribution in [0.3, 0.4) is 0 Å². The number of Topliss-reactive ketones (excluding diaryl/α,β-unsaturated/α-hetero) is 1. The van der Waals surface area contributed by atoms with Gasteiger partial charge in [-0.2, -0.15) is 0 Å². The molecule has 0 atom stereocenters. The second-order valence-electron chi connectivity index (χ2n) is 4.41. The van der Waals surface area contributed by atoms with Gasteiger partial charge in [-0.25, -0.2) is 0 Å². The van der Waals surface area contributed by atoms with Gasteiger partial charge in [0.05, 0.1) is 6.54 Å². The summed E-state index contributed by atoms with van der Waals surface area (Å²) in [5, 5.41) is 0. The maximum Gasteiger partial charge on any atom is 0.177 e. The number of nitrogens with zero attached hydrogens (tertiary/aromatic N) is 1. The normalized spacial score (nSPS) is 10.8. The van der Waals surface area contributed by atoms with E-state index in [9.17, 15) is 4.79 Å². The molecule has 0 N–H and O–H groups in total. The van der Waals surface area contributed by atoms with Crippen LogP contribution in [0.4, 0.5) is 0 Å². The van der Waals surface area contributed by atoms with Crippen molar-refractivity contribution in [1.29, 1.82) is 0 Å². The summed E-state index contributed by atoms with van der Waals surface area (Å²) >= 11 is 0. The second-order valence-corrected chi connectivity index (χ2v) is 4.41. The largest absolute Gasteiger partial charge is 0.302 e. The molecule has 0 aliphatic heterocycles. The van der Waals surface area contributed by atoms with E-state index in [1.807, 2.05) is 38.9 Å². The monoisotopic (exact) mass is 205 g/mol. The summed E-state index contributed by atoms with van der Waals surface area (Å²) in [6, 6.07) is 4.08. The Hall–Kier alpha value is -1.15. The molecular formula is C13H19NO. The number of benzene rings is 1. The zero-order chi connectivity index (χ0) is 11.6. The van der Waals surface area contributed by atoms with Crippen molar-refractivity contribution in [2.75, 3.05) is 20.6 Å². The lowest BCUT2D eigenvalue weighted by molar-refractivity contribution is 0.0957. The van der Waals surface area contributed by atoms with Crippen LogP contribution in [0.15, 0.2) is 12.1 Å². The SMILES string of the molecule is Cc1cc(C)c(C(=O)CN(C)C)cc1C. The van der Waals surface area contributed by atoms with Gasteiger partial charge in [-0.3, -0.25) is 4.79 Å². The van der Waals surface area contributed by atoms with Crippen LogP contribution in [-0.2, 0) is 0 Å². The number of carbonyl (C=O) groups excluding carboxylic acids is 1. The molecule has 0 fully saturated rings. The first-order valence-corrected chi connectivity index (χ1v) is 5.17. The molecule has 0 spiro atoms. The summed E-state index contributed by atoms with van der Waals surface area (Å²) in [7, 11) is 3.82. The molecule has 2 nitrogen and oxygen atoms in total. The van der Waals surface area contributed by atoms with Gasteiger partial charge in [0.2, 0.25) is 0 Å². The lowest BCUT2D eigenvalue weighted by atomic mass is 9.98. The Labute approximate surface area is 91.9 Å². The van der Waals surface area contributed by atoms with Crippen molar-refractivity contribution in [3.63, 3.8) is 0 Å². The summed E-state index contributed by atoms with van der Waals surface area (Å²) in [5.74, 6) is 0.195. The zero-order valence-corrected chi connectivity index (χ0v) is 10.2. The van der Waals surface area contributed by atoms with E-state index in [1.54, 1.807) is 0 Å². The van der Waals surface area contributed by atoms with Crippen LogP contribution in [0.2, 0.25) is 0 Å². The van der Waals surface area contributed by atoms with Crippen molar-refractivity contribution in [2.24, 2.45) is 0 Å². The van der Waals surface area contributed by atoms with E-state index in [-0.39, 0.29) is 5.78 Å². The maximum atomic E-state index is 11.9. The van der Waals surface area contributed by atoms with Gasteiger partial charge in [-0.15, -0.1) is 0 Å². The van der Waals surface area contributed by atoms with Gasteiger partial charge in [0, 0.05) is 5.56 Å². The number of rotatable bonds is 3. The molecule has 82 valence electrons. The molecule has 0 amide bonds. The van der Waals surface area contributed by atoms with Gasteiger partial charge in [0.15, 0.2) is 5.78 Å². The standard InChI is InChI=1S/C13H19NO/c1-9-6-11(3)12(7-10(9)2)13(15)8-14(4)5/h6-7H,8H2,1-5H3. The Balaban J connectivity index is 3.04. The van der Waals surface area contributed by atoms with Crippen molar-refractivity contribution in [3.05, 3.63) is 34.4 Å². The molecule has 0 aromatic heterocycles. The highest BCUT2D eigenvalue weighted by Crippen LogP contribution is 2.15. The third-order valence-electron chi connectivity index (χ3n) is 2.60. The van der Waals surface area contributed by atoms with Gasteiger partial charge in [0.1, 0.15) is 0 Å². The van der Waals surface area contributed by atoms with Gasteiger partial charge in [-0.05, 0) is 57.6 Å². The number of likely N-dealkylation sites (N-methyl/N-ethyl adjacent to an activating group) is 1. The third kappa shape index (κ3) is 2.90. The number of aryl methyl sites for hydroxylation is 3. The van der Waals surface area contributed by atoms with Crippen molar-refractivity contribution in [3.8, 4) is 0 Å². The van der Waals surface area contributed by atoms with Crippen LogP contribution in [0.1, 0.15) is 27.0 Å². The molecule has 0 unspecified atom stereocenters. The van der Waals surface area contributed by atoms with Crippen molar-refractivity contribution in [1.82, 2.24) is 4.90 Å². The molecule has 15 heavy (non-hydrogen) atoms. The van der Waals surface area contributed by atoms with E-state index in [1.165, 1.54) is 11.1 Å². The molecule has 0 saturated carbocycles. The van der Waals surface area contributed by atoms with Gasteiger partial charge in [0.25, 0.3) is 0 Å². The molecule has 1 rings (SSSR count). The van der Waals surface area contributed by atoms with Crippen LogP contribution >= 0.6 is 0 Å². The molecule has 0 bridgehead atoms. The van der Waals surface area contributed by atoms with Crippen molar-refractivity contribution in [2.45, 2.75) is 20.8 Å². The van der Waals surface area contributed by atoms with E-state index < -0.39 is 0 Å². The smallest absolute Gasteiger partial charge is 0.177 e. The summed E-state index contributed by atoms with van der Waals surface area (Å²) < 4.78 is 0. The molecule has 2 heteroatoms. The highest BCUT2D eigenvalue weighted by Gasteiger charge is 2.11. The summed E-state index contributed by atoms with van der Waals surface area (Å²) in [5.41, 5.74) is 4.35. The van der Waals surface area contributed by atoms with E-state index >= 15 is 0 Å². The summed E-state index contributed by atoms with van der Waals surface area (Å²) in [4.78, 5) is 13.8. The summed E-state index contributed by atoms with van der Waals surface area (Å²) in [6.07, 6.45) is 0. The number of carbonyl (C=O) groups is 1. The second kappa shape index (κ2) is 4.58. The minimum absolute atomic E-state index is 0.195. The zero-order valence-electron chi connectivity index (χ0n) is 10.2. The average molecular weight is 205 g/mol. The first-order chi connectivity index (χ1) is 6.91. The fourth-order valence-electron chi connectivity index (χ4n) is 1.63. The minimum Gasteiger partial charge on any atom is -0.302 e. The minimum atomic E-state index is 0.195. The van der Waals surface area contributed by atoms with Gasteiger partial charge in [-0.1, -0.05) is 6.07 Å². The Morgan fingerprint density at radius 2 is 1.60 bits per heavy atom. The molecule has 0 aliphatic rings. The summed E-state index contributed by atoms with van der Waals surface area (Å²) in [6.45, 7) is 6.59. The molecule has 1 aromatic rings. The van der Waals surface area contributed by atoms with E-state index in [0.717, 1.165) is 11.1 Å². The molecule has 0 saturated heterocycles. The fraction of sp³-hybridized carbons (Fsp3) is 0.462. The van der Waals surface area contributed by atoms with E-state index in [2.05, 4.69) is 13.0 Å². The van der Waals surface area contributed by atoms with Crippen LogP contribution in [-0.4, -0.2) is 31.3 Å². The Bertz CT molecular complexity index is 380. The van der Waals surface area contributed by atoms with Gasteiger partial charge < -0.3 is 4.90 Å². The number of hydrogen-bond donors (Lipinski definition) is 0. The first-order valence-electron chi connectivity index (χ1n) is 5.17. The van der Waals surface area contributed by atoms with E-state index in [0.29, 0.717) is 6.54 Å². The first kappa shape index (κ1) is 11.9. The average Bonchev–Trinajstić information content (AvgIpc) is 2.09. The Morgan fingerprint density at radius 3 is 2.13 bits per heavy atom. The molecular weight excluding hydrogens is 186 g/mol. The lowest BCUT2D eigenvalue weighted by Gasteiger charge is -2.12. The lowest BCUT2D eigenvalue weighted by Crippen LogP contribution is -2.22. The quantitative estimate of drug-likeness (QED) is 0.706. The molecule has 0 heterocycles. The van der Waals surface area contributed by atoms with Gasteiger partial charge >= 0.3 is 0 Å². The predicted molar refractivity (Wildman–Crippen MR) is 63.5 cm³/mol. The van der Waals surface area contributed by atoms with Crippen LogP contribution < -0.4 is 0 Å².